The molecule has 0 saturated heterocycles. The SMILES string of the molecule is N#Cc1c(C(F)(F)F)[nH]c2c(C(F)(F)F)cccc2c1=O. The van der Waals surface area contributed by atoms with Crippen LogP contribution in [0.2, 0.25) is 0 Å². The minimum Gasteiger partial charge on any atom is -0.349 e. The second-order valence-electron chi connectivity index (χ2n) is 4.04. The lowest BCUT2D eigenvalue weighted by Gasteiger charge is -2.14. The second kappa shape index (κ2) is 4.51. The van der Waals surface area contributed by atoms with Gasteiger partial charge in [-0.2, -0.15) is 31.6 Å². The molecule has 3 nitrogen and oxygen atoms in total. The minimum absolute atomic E-state index is 0.546. The average molecular weight is 306 g/mol. The van der Waals surface area contributed by atoms with Crippen LogP contribution in [0.5, 0.6) is 0 Å². The van der Waals surface area contributed by atoms with E-state index in [0.29, 0.717) is 6.07 Å². The Labute approximate surface area is 112 Å². The lowest BCUT2D eigenvalue weighted by molar-refractivity contribution is -0.142. The van der Waals surface area contributed by atoms with Crippen molar-refractivity contribution >= 4 is 10.9 Å². The fourth-order valence-corrected chi connectivity index (χ4v) is 1.87. The van der Waals surface area contributed by atoms with Gasteiger partial charge in [0.05, 0.1) is 11.1 Å². The van der Waals surface area contributed by atoms with E-state index in [4.69, 9.17) is 5.26 Å². The van der Waals surface area contributed by atoms with Crippen molar-refractivity contribution in [3.05, 3.63) is 45.2 Å². The lowest BCUT2D eigenvalue weighted by Crippen LogP contribution is -2.21. The number of H-pyrrole nitrogens is 1. The van der Waals surface area contributed by atoms with Gasteiger partial charge in [-0.3, -0.25) is 4.79 Å². The Balaban J connectivity index is 3.04. The first-order valence-electron chi connectivity index (χ1n) is 5.31. The molecule has 21 heavy (non-hydrogen) atoms. The van der Waals surface area contributed by atoms with Crippen LogP contribution in [0.1, 0.15) is 16.8 Å². The molecule has 0 spiro atoms. The summed E-state index contributed by atoms with van der Waals surface area (Å²) in [6.45, 7) is 0. The summed E-state index contributed by atoms with van der Waals surface area (Å²) in [6, 6.07) is 3.43. The number of para-hydroxylation sites is 1. The molecule has 0 aliphatic rings. The Kier molecular flexibility index (Phi) is 3.20. The van der Waals surface area contributed by atoms with Gasteiger partial charge in [0, 0.05) is 5.39 Å². The molecule has 0 atom stereocenters. The molecule has 2 aromatic rings. The van der Waals surface area contributed by atoms with E-state index < -0.39 is 45.5 Å². The highest BCUT2D eigenvalue weighted by Crippen LogP contribution is 2.35. The molecule has 1 aromatic heterocycles. The maximum Gasteiger partial charge on any atom is 0.432 e. The standard InChI is InChI=1S/C12H4F6N2O/c13-11(14,15)7-3-1-2-5-8(7)20-10(12(16,17)18)6(4-19)9(5)21/h1-3H,(H,20,21). The van der Waals surface area contributed by atoms with Crippen LogP contribution < -0.4 is 5.43 Å². The molecule has 0 amide bonds. The molecule has 9 heteroatoms. The maximum atomic E-state index is 12.8. The highest BCUT2D eigenvalue weighted by molar-refractivity contribution is 5.83. The zero-order valence-electron chi connectivity index (χ0n) is 9.86. The van der Waals surface area contributed by atoms with Crippen molar-refractivity contribution in [3.8, 4) is 6.07 Å². The predicted molar refractivity (Wildman–Crippen MR) is 59.3 cm³/mol. The molecule has 0 radical (unpaired) electrons. The van der Waals surface area contributed by atoms with Gasteiger partial charge in [0.2, 0.25) is 5.43 Å². The van der Waals surface area contributed by atoms with E-state index in [1.807, 2.05) is 0 Å². The molecular formula is C12H4F6N2O. The zero-order valence-corrected chi connectivity index (χ0v) is 9.86. The van der Waals surface area contributed by atoms with Gasteiger partial charge in [0.1, 0.15) is 17.3 Å². The Morgan fingerprint density at radius 1 is 1.05 bits per heavy atom. The molecule has 0 aliphatic carbocycles. The topological polar surface area (TPSA) is 56.6 Å². The summed E-state index contributed by atoms with van der Waals surface area (Å²) in [6.07, 6.45) is -10.1. The lowest BCUT2D eigenvalue weighted by atomic mass is 10.0. The number of rotatable bonds is 0. The van der Waals surface area contributed by atoms with Crippen LogP contribution in [0.4, 0.5) is 26.3 Å². The number of nitrogens with one attached hydrogen (secondary N) is 1. The number of aromatic amines is 1. The number of halogens is 6. The molecule has 110 valence electrons. The van der Waals surface area contributed by atoms with Gasteiger partial charge in [0.25, 0.3) is 0 Å². The minimum atomic E-state index is -5.16. The van der Waals surface area contributed by atoms with Crippen molar-refractivity contribution < 1.29 is 26.3 Å². The molecule has 0 aliphatic heterocycles. The number of nitrogens with zero attached hydrogens (tertiary/aromatic N) is 1. The molecule has 0 saturated carbocycles. The molecule has 2 rings (SSSR count). The summed E-state index contributed by atoms with van der Waals surface area (Å²) in [5.41, 5.74) is -6.87. The number of nitriles is 1. The summed E-state index contributed by atoms with van der Waals surface area (Å²) in [5, 5.41) is 8.03. The van der Waals surface area contributed by atoms with Gasteiger partial charge >= 0.3 is 12.4 Å². The van der Waals surface area contributed by atoms with Crippen LogP contribution >= 0.6 is 0 Å². The molecule has 0 unspecified atom stereocenters. The summed E-state index contributed by atoms with van der Waals surface area (Å²) < 4.78 is 76.7. The van der Waals surface area contributed by atoms with Gasteiger partial charge in [-0.1, -0.05) is 6.07 Å². The first-order valence-corrected chi connectivity index (χ1v) is 5.31. The zero-order chi connectivity index (χ0) is 16.0. The van der Waals surface area contributed by atoms with Crippen molar-refractivity contribution in [2.24, 2.45) is 0 Å². The van der Waals surface area contributed by atoms with Crippen molar-refractivity contribution in [1.29, 1.82) is 5.26 Å². The number of alkyl halides is 6. The Bertz CT molecular complexity index is 810. The Morgan fingerprint density at radius 3 is 2.14 bits per heavy atom. The Morgan fingerprint density at radius 2 is 1.67 bits per heavy atom. The summed E-state index contributed by atoms with van der Waals surface area (Å²) in [7, 11) is 0. The fraction of sp³-hybridized carbons (Fsp3) is 0.167. The number of hydrogen-bond acceptors (Lipinski definition) is 2. The normalized spacial score (nSPS) is 12.4. The van der Waals surface area contributed by atoms with Crippen LogP contribution in [-0.2, 0) is 12.4 Å². The third-order valence-corrected chi connectivity index (χ3v) is 2.74. The number of benzene rings is 1. The van der Waals surface area contributed by atoms with E-state index in [-0.39, 0.29) is 0 Å². The first kappa shape index (κ1) is 14.9. The fourth-order valence-electron chi connectivity index (χ4n) is 1.87. The third kappa shape index (κ3) is 2.44. The van der Waals surface area contributed by atoms with Crippen LogP contribution in [0.25, 0.3) is 10.9 Å². The largest absolute Gasteiger partial charge is 0.432 e. The van der Waals surface area contributed by atoms with E-state index in [0.717, 1.165) is 18.2 Å². The van der Waals surface area contributed by atoms with Crippen molar-refractivity contribution in [2.75, 3.05) is 0 Å². The Hall–Kier alpha value is -2.50. The van der Waals surface area contributed by atoms with E-state index in [2.05, 4.69) is 0 Å². The van der Waals surface area contributed by atoms with Crippen molar-refractivity contribution in [1.82, 2.24) is 4.98 Å². The van der Waals surface area contributed by atoms with Crippen LogP contribution in [0, 0.1) is 11.3 Å². The average Bonchev–Trinajstić information content (AvgIpc) is 2.35. The van der Waals surface area contributed by atoms with Crippen LogP contribution in [0.3, 0.4) is 0 Å². The summed E-state index contributed by atoms with van der Waals surface area (Å²) in [4.78, 5) is 13.3. The smallest absolute Gasteiger partial charge is 0.349 e. The highest BCUT2D eigenvalue weighted by atomic mass is 19.4. The predicted octanol–water partition coefficient (Wildman–Crippen LogP) is 3.44. The number of hydrogen-bond donors (Lipinski definition) is 1. The molecule has 0 bridgehead atoms. The molecule has 1 heterocycles. The van der Waals surface area contributed by atoms with Gasteiger partial charge in [-0.25, -0.2) is 0 Å². The van der Waals surface area contributed by atoms with Crippen molar-refractivity contribution in [2.45, 2.75) is 12.4 Å². The third-order valence-electron chi connectivity index (χ3n) is 2.74. The van der Waals surface area contributed by atoms with Crippen LogP contribution in [-0.4, -0.2) is 4.98 Å². The van der Waals surface area contributed by atoms with Crippen molar-refractivity contribution in [3.63, 3.8) is 0 Å². The maximum absolute atomic E-state index is 12.8. The summed E-state index contributed by atoms with van der Waals surface area (Å²) >= 11 is 0. The highest BCUT2D eigenvalue weighted by Gasteiger charge is 2.39. The molecule has 1 aromatic carbocycles. The number of fused-ring (bicyclic) bond motifs is 1. The van der Waals surface area contributed by atoms with E-state index >= 15 is 0 Å². The quantitative estimate of drug-likeness (QED) is 0.758. The molecule has 0 fully saturated rings. The second-order valence-corrected chi connectivity index (χ2v) is 4.04. The van der Waals surface area contributed by atoms with Gasteiger partial charge in [-0.05, 0) is 12.1 Å². The molecule has 1 N–H and O–H groups in total. The number of pyridine rings is 1. The van der Waals surface area contributed by atoms with E-state index in [1.54, 1.807) is 0 Å². The first-order chi connectivity index (χ1) is 9.57. The van der Waals surface area contributed by atoms with E-state index in [1.165, 1.54) is 4.98 Å². The van der Waals surface area contributed by atoms with Gasteiger partial charge in [0.15, 0.2) is 0 Å². The molecular weight excluding hydrogens is 302 g/mol. The van der Waals surface area contributed by atoms with Crippen LogP contribution in [0.15, 0.2) is 23.0 Å². The monoisotopic (exact) mass is 306 g/mol. The summed E-state index contributed by atoms with van der Waals surface area (Å²) in [5.74, 6) is 0. The van der Waals surface area contributed by atoms with Gasteiger partial charge < -0.3 is 4.98 Å². The number of aromatic nitrogens is 1. The van der Waals surface area contributed by atoms with E-state index in [9.17, 15) is 31.1 Å². The van der Waals surface area contributed by atoms with Gasteiger partial charge in [-0.15, -0.1) is 0 Å².